The quantitative estimate of drug-likeness (QED) is 0.824. The van der Waals surface area contributed by atoms with Crippen molar-refractivity contribution in [2.45, 2.75) is 45.2 Å². The topological polar surface area (TPSA) is 64.3 Å². The number of amides is 1. The van der Waals surface area contributed by atoms with Crippen molar-refractivity contribution < 1.29 is 9.53 Å². The zero-order chi connectivity index (χ0) is 13.8. The molecule has 1 aliphatic rings. The molecule has 19 heavy (non-hydrogen) atoms. The molecule has 0 bridgehead atoms. The Kier molecular flexibility index (Phi) is 4.43. The van der Waals surface area contributed by atoms with Crippen molar-refractivity contribution in [3.05, 3.63) is 29.3 Å². The van der Waals surface area contributed by atoms with Crippen LogP contribution in [0.1, 0.15) is 43.4 Å². The zero-order valence-electron chi connectivity index (χ0n) is 11.6. The van der Waals surface area contributed by atoms with Gasteiger partial charge in [-0.15, -0.1) is 0 Å². The maximum absolute atomic E-state index is 11.6. The number of benzene rings is 1. The first-order valence-electron chi connectivity index (χ1n) is 6.84. The minimum atomic E-state index is -0.0732. The van der Waals surface area contributed by atoms with Crippen LogP contribution in [0.3, 0.4) is 0 Å². The minimum Gasteiger partial charge on any atom is -0.493 e. The summed E-state index contributed by atoms with van der Waals surface area (Å²) in [4.78, 5) is 11.6. The van der Waals surface area contributed by atoms with E-state index in [2.05, 4.69) is 5.32 Å². The third-order valence-corrected chi connectivity index (χ3v) is 3.19. The van der Waals surface area contributed by atoms with Gasteiger partial charge in [-0.3, -0.25) is 4.79 Å². The highest BCUT2D eigenvalue weighted by Crippen LogP contribution is 2.25. The van der Waals surface area contributed by atoms with Gasteiger partial charge in [0.25, 0.3) is 0 Å². The molecule has 1 amide bonds. The number of carbonyl (C=O) groups excluding carboxylic acids is 1. The maximum atomic E-state index is 11.6. The fraction of sp³-hybridized carbons (Fsp3) is 0.533. The van der Waals surface area contributed by atoms with Crippen molar-refractivity contribution in [1.29, 1.82) is 0 Å². The van der Waals surface area contributed by atoms with Crippen molar-refractivity contribution in [3.8, 4) is 5.75 Å². The van der Waals surface area contributed by atoms with Gasteiger partial charge in [0.2, 0.25) is 5.91 Å². The molecule has 3 N–H and O–H groups in total. The van der Waals surface area contributed by atoms with Gasteiger partial charge in [0.1, 0.15) is 5.75 Å². The summed E-state index contributed by atoms with van der Waals surface area (Å²) in [5.74, 6) is 0.853. The smallest absolute Gasteiger partial charge is 0.223 e. The van der Waals surface area contributed by atoms with Gasteiger partial charge in [-0.05, 0) is 38.3 Å². The number of carbonyl (C=O) groups is 1. The first-order chi connectivity index (χ1) is 9.06. The lowest BCUT2D eigenvalue weighted by molar-refractivity contribution is -0.121. The Bertz CT molecular complexity index is 453. The van der Waals surface area contributed by atoms with Gasteiger partial charge in [-0.25, -0.2) is 0 Å². The molecule has 1 aromatic rings. The predicted molar refractivity (Wildman–Crippen MR) is 75.1 cm³/mol. The van der Waals surface area contributed by atoms with Gasteiger partial charge < -0.3 is 15.8 Å². The lowest BCUT2D eigenvalue weighted by Crippen LogP contribution is -2.26. The number of hydrogen-bond acceptors (Lipinski definition) is 3. The number of aryl methyl sites for hydroxylation is 1. The van der Waals surface area contributed by atoms with Crippen LogP contribution in [0.5, 0.6) is 5.75 Å². The molecule has 104 valence electrons. The summed E-state index contributed by atoms with van der Waals surface area (Å²) in [7, 11) is 0. The molecule has 0 aromatic heterocycles. The third kappa shape index (κ3) is 4.24. The van der Waals surface area contributed by atoms with Crippen molar-refractivity contribution in [1.82, 2.24) is 5.32 Å². The van der Waals surface area contributed by atoms with Crippen molar-refractivity contribution in [3.63, 3.8) is 0 Å². The van der Waals surface area contributed by atoms with Gasteiger partial charge in [0.05, 0.1) is 13.0 Å². The number of nitrogens with one attached hydrogen (secondary N) is 1. The molecule has 0 spiro atoms. The average Bonchev–Trinajstić information content (AvgIpc) is 3.12. The monoisotopic (exact) mass is 262 g/mol. The molecule has 1 aromatic carbocycles. The van der Waals surface area contributed by atoms with E-state index in [4.69, 9.17) is 10.5 Å². The van der Waals surface area contributed by atoms with Gasteiger partial charge in [0.15, 0.2) is 0 Å². The molecule has 0 heterocycles. The number of ether oxygens (including phenoxy) is 1. The molecule has 4 nitrogen and oxygen atoms in total. The van der Waals surface area contributed by atoms with Gasteiger partial charge in [0, 0.05) is 17.6 Å². The fourth-order valence-corrected chi connectivity index (χ4v) is 1.92. The van der Waals surface area contributed by atoms with Crippen LogP contribution in [0.25, 0.3) is 0 Å². The molecule has 2 rings (SSSR count). The number of nitrogens with two attached hydrogens (primary N) is 1. The molecule has 1 atom stereocenters. The van der Waals surface area contributed by atoms with E-state index in [-0.39, 0.29) is 11.9 Å². The highest BCUT2D eigenvalue weighted by atomic mass is 16.5. The molecule has 0 saturated heterocycles. The first-order valence-corrected chi connectivity index (χ1v) is 6.84. The standard InChI is InChI=1S/C15H22N2O2/c1-10-3-6-13(11(2)16)14(9-10)19-8-7-15(18)17-12-4-5-12/h3,6,9,11-12H,4-5,7-8,16H2,1-2H3,(H,17,18). The Morgan fingerprint density at radius 3 is 2.89 bits per heavy atom. The van der Waals surface area contributed by atoms with E-state index in [0.717, 1.165) is 29.7 Å². The van der Waals surface area contributed by atoms with Crippen molar-refractivity contribution in [2.75, 3.05) is 6.61 Å². The van der Waals surface area contributed by atoms with E-state index in [0.29, 0.717) is 19.1 Å². The Balaban J connectivity index is 1.87. The van der Waals surface area contributed by atoms with Gasteiger partial charge >= 0.3 is 0 Å². The molecule has 1 unspecified atom stereocenters. The molecule has 1 aliphatic carbocycles. The van der Waals surface area contributed by atoms with E-state index in [1.54, 1.807) is 0 Å². The second-order valence-corrected chi connectivity index (χ2v) is 5.27. The van der Waals surface area contributed by atoms with Crippen LogP contribution in [0.4, 0.5) is 0 Å². The average molecular weight is 262 g/mol. The lowest BCUT2D eigenvalue weighted by atomic mass is 10.1. The largest absolute Gasteiger partial charge is 0.493 e. The predicted octanol–water partition coefficient (Wildman–Crippen LogP) is 2.06. The molecular formula is C15H22N2O2. The van der Waals surface area contributed by atoms with E-state index in [1.807, 2.05) is 32.0 Å². The molecule has 0 radical (unpaired) electrons. The highest BCUT2D eigenvalue weighted by molar-refractivity contribution is 5.76. The molecule has 4 heteroatoms. The van der Waals surface area contributed by atoms with Crippen LogP contribution < -0.4 is 15.8 Å². The van der Waals surface area contributed by atoms with Crippen molar-refractivity contribution >= 4 is 5.91 Å². The van der Waals surface area contributed by atoms with Crippen LogP contribution in [0.2, 0.25) is 0 Å². The minimum absolute atomic E-state index is 0.0671. The third-order valence-electron chi connectivity index (χ3n) is 3.19. The van der Waals surface area contributed by atoms with Gasteiger partial charge in [-0.1, -0.05) is 12.1 Å². The second kappa shape index (κ2) is 6.06. The van der Waals surface area contributed by atoms with E-state index in [9.17, 15) is 4.79 Å². The Labute approximate surface area is 114 Å². The van der Waals surface area contributed by atoms with Crippen LogP contribution in [0, 0.1) is 6.92 Å². The van der Waals surface area contributed by atoms with Crippen LogP contribution in [0.15, 0.2) is 18.2 Å². The van der Waals surface area contributed by atoms with E-state index in [1.165, 1.54) is 0 Å². The van der Waals surface area contributed by atoms with Crippen LogP contribution in [-0.4, -0.2) is 18.6 Å². The van der Waals surface area contributed by atoms with Crippen LogP contribution >= 0.6 is 0 Å². The summed E-state index contributed by atoms with van der Waals surface area (Å²) in [5, 5.41) is 2.95. The summed E-state index contributed by atoms with van der Waals surface area (Å²) in [6, 6.07) is 6.31. The lowest BCUT2D eigenvalue weighted by Gasteiger charge is -2.14. The van der Waals surface area contributed by atoms with E-state index >= 15 is 0 Å². The summed E-state index contributed by atoms with van der Waals surface area (Å²) in [5.41, 5.74) is 8.02. The normalized spacial score (nSPS) is 15.9. The molecule has 1 saturated carbocycles. The maximum Gasteiger partial charge on any atom is 0.223 e. The Morgan fingerprint density at radius 1 is 1.53 bits per heavy atom. The summed E-state index contributed by atoms with van der Waals surface area (Å²) in [6.45, 7) is 4.33. The SMILES string of the molecule is Cc1ccc(C(C)N)c(OCCC(=O)NC2CC2)c1. The fourth-order valence-electron chi connectivity index (χ4n) is 1.92. The second-order valence-electron chi connectivity index (χ2n) is 5.27. The zero-order valence-corrected chi connectivity index (χ0v) is 11.6. The summed E-state index contributed by atoms with van der Waals surface area (Å²) >= 11 is 0. The Morgan fingerprint density at radius 2 is 2.26 bits per heavy atom. The number of rotatable bonds is 6. The summed E-state index contributed by atoms with van der Waals surface area (Å²) in [6.07, 6.45) is 2.61. The van der Waals surface area contributed by atoms with E-state index < -0.39 is 0 Å². The number of hydrogen-bond donors (Lipinski definition) is 2. The van der Waals surface area contributed by atoms with Crippen LogP contribution in [-0.2, 0) is 4.79 Å². The van der Waals surface area contributed by atoms with Gasteiger partial charge in [-0.2, -0.15) is 0 Å². The highest BCUT2D eigenvalue weighted by Gasteiger charge is 2.22. The molecular weight excluding hydrogens is 240 g/mol. The first kappa shape index (κ1) is 13.9. The summed E-state index contributed by atoms with van der Waals surface area (Å²) < 4.78 is 5.71. The molecule has 1 fully saturated rings. The van der Waals surface area contributed by atoms with Crippen molar-refractivity contribution in [2.24, 2.45) is 5.73 Å². The Hall–Kier alpha value is -1.55. The molecule has 0 aliphatic heterocycles.